The van der Waals surface area contributed by atoms with Crippen molar-refractivity contribution >= 4 is 5.91 Å². The van der Waals surface area contributed by atoms with Crippen molar-refractivity contribution in [3.8, 4) is 0 Å². The third-order valence-electron chi connectivity index (χ3n) is 4.25. The number of nitrogens with zero attached hydrogens (tertiary/aromatic N) is 1. The highest BCUT2D eigenvalue weighted by Crippen LogP contribution is 2.28. The predicted octanol–water partition coefficient (Wildman–Crippen LogP) is 1.35. The lowest BCUT2D eigenvalue weighted by molar-refractivity contribution is -0.123. The quantitative estimate of drug-likeness (QED) is 0.675. The van der Waals surface area contributed by atoms with E-state index in [0.717, 1.165) is 25.8 Å². The Bertz CT molecular complexity index is 291. The van der Waals surface area contributed by atoms with Gasteiger partial charge in [0.25, 0.3) is 0 Å². The molecule has 1 heterocycles. The fourth-order valence-corrected chi connectivity index (χ4v) is 2.60. The van der Waals surface area contributed by atoms with Crippen LogP contribution in [0.3, 0.4) is 0 Å². The maximum atomic E-state index is 11.3. The van der Waals surface area contributed by atoms with Gasteiger partial charge in [-0.25, -0.2) is 0 Å². The van der Waals surface area contributed by atoms with Crippen LogP contribution in [0.1, 0.15) is 46.5 Å². The molecule has 0 aromatic rings. The summed E-state index contributed by atoms with van der Waals surface area (Å²) < 4.78 is 0. The molecule has 1 aliphatic rings. The van der Waals surface area contributed by atoms with Crippen LogP contribution in [0.25, 0.3) is 0 Å². The lowest BCUT2D eigenvalue weighted by Gasteiger charge is -2.26. The summed E-state index contributed by atoms with van der Waals surface area (Å²) in [6.07, 6.45) is 4.29. The minimum atomic E-state index is -0.551. The van der Waals surface area contributed by atoms with E-state index in [4.69, 9.17) is 5.73 Å². The smallest absolute Gasteiger partial charge is 0.237 e. The number of rotatable bonds is 7. The molecule has 1 fully saturated rings. The predicted molar refractivity (Wildman–Crippen MR) is 75.3 cm³/mol. The molecular formula is C14H29N3O. The molecule has 1 amide bonds. The average molecular weight is 255 g/mol. The van der Waals surface area contributed by atoms with Crippen LogP contribution in [0.15, 0.2) is 0 Å². The lowest BCUT2D eigenvalue weighted by atomic mass is 9.93. The van der Waals surface area contributed by atoms with Crippen molar-refractivity contribution < 1.29 is 4.79 Å². The lowest BCUT2D eigenvalue weighted by Crippen LogP contribution is -2.51. The molecule has 18 heavy (non-hydrogen) atoms. The summed E-state index contributed by atoms with van der Waals surface area (Å²) in [4.78, 5) is 13.9. The van der Waals surface area contributed by atoms with Crippen molar-refractivity contribution in [2.75, 3.05) is 26.7 Å². The molecule has 1 rings (SSSR count). The molecular weight excluding hydrogens is 226 g/mol. The van der Waals surface area contributed by atoms with Gasteiger partial charge in [-0.05, 0) is 58.2 Å². The van der Waals surface area contributed by atoms with Crippen LogP contribution in [-0.4, -0.2) is 43.0 Å². The first-order valence-corrected chi connectivity index (χ1v) is 7.00. The average Bonchev–Trinajstić information content (AvgIpc) is 2.64. The summed E-state index contributed by atoms with van der Waals surface area (Å²) in [6.45, 7) is 10.1. The number of carbonyl (C=O) groups excluding carboxylic acids is 1. The Morgan fingerprint density at radius 2 is 2.11 bits per heavy atom. The fourth-order valence-electron chi connectivity index (χ4n) is 2.60. The third kappa shape index (κ3) is 4.25. The number of carbonyl (C=O) groups is 1. The van der Waals surface area contributed by atoms with Crippen LogP contribution < -0.4 is 11.1 Å². The van der Waals surface area contributed by atoms with E-state index in [0.29, 0.717) is 5.41 Å². The van der Waals surface area contributed by atoms with E-state index in [-0.39, 0.29) is 5.91 Å². The molecule has 0 bridgehead atoms. The zero-order valence-electron chi connectivity index (χ0n) is 12.4. The molecule has 0 aromatic carbocycles. The van der Waals surface area contributed by atoms with Crippen LogP contribution in [0.4, 0.5) is 0 Å². The van der Waals surface area contributed by atoms with Crippen molar-refractivity contribution in [2.24, 2.45) is 11.1 Å². The van der Waals surface area contributed by atoms with Gasteiger partial charge in [0, 0.05) is 6.54 Å². The van der Waals surface area contributed by atoms with Crippen LogP contribution >= 0.6 is 0 Å². The number of nitrogens with one attached hydrogen (secondary N) is 1. The standard InChI is InChI=1S/C14H29N3O/c1-13(2)8-10-17(11-13)9-6-5-7-14(3,16-4)12(15)18/h16H,5-11H2,1-4H3,(H2,15,18). The van der Waals surface area contributed by atoms with Gasteiger partial charge in [0.15, 0.2) is 0 Å². The van der Waals surface area contributed by atoms with Gasteiger partial charge in [0.1, 0.15) is 0 Å². The molecule has 4 heteroatoms. The third-order valence-corrected chi connectivity index (χ3v) is 4.25. The van der Waals surface area contributed by atoms with Gasteiger partial charge in [-0.15, -0.1) is 0 Å². The molecule has 1 aliphatic heterocycles. The molecule has 0 spiro atoms. The number of nitrogens with two attached hydrogens (primary N) is 1. The summed E-state index contributed by atoms with van der Waals surface area (Å²) in [5, 5.41) is 3.03. The van der Waals surface area contributed by atoms with E-state index < -0.39 is 5.54 Å². The van der Waals surface area contributed by atoms with Crippen molar-refractivity contribution in [1.29, 1.82) is 0 Å². The highest BCUT2D eigenvalue weighted by Gasteiger charge is 2.30. The minimum Gasteiger partial charge on any atom is -0.368 e. The van der Waals surface area contributed by atoms with E-state index in [2.05, 4.69) is 24.1 Å². The van der Waals surface area contributed by atoms with Crippen LogP contribution in [0.2, 0.25) is 0 Å². The van der Waals surface area contributed by atoms with E-state index in [1.807, 2.05) is 6.92 Å². The molecule has 4 nitrogen and oxygen atoms in total. The molecule has 3 N–H and O–H groups in total. The van der Waals surface area contributed by atoms with E-state index in [1.54, 1.807) is 7.05 Å². The number of likely N-dealkylation sites (N-methyl/N-ethyl adjacent to an activating group) is 1. The Hall–Kier alpha value is -0.610. The molecule has 1 atom stereocenters. The monoisotopic (exact) mass is 255 g/mol. The summed E-state index contributed by atoms with van der Waals surface area (Å²) in [5.41, 5.74) is 5.34. The second-order valence-corrected chi connectivity index (χ2v) is 6.59. The molecule has 0 aromatic heterocycles. The number of amides is 1. The molecule has 1 saturated heterocycles. The SMILES string of the molecule is CNC(C)(CCCCN1CCC(C)(C)C1)C(N)=O. The van der Waals surface area contributed by atoms with E-state index >= 15 is 0 Å². The Balaban J connectivity index is 2.21. The highest BCUT2D eigenvalue weighted by atomic mass is 16.1. The maximum Gasteiger partial charge on any atom is 0.237 e. The summed E-state index contributed by atoms with van der Waals surface area (Å²) in [7, 11) is 1.80. The van der Waals surface area contributed by atoms with Gasteiger partial charge in [0.2, 0.25) is 5.91 Å². The molecule has 0 aliphatic carbocycles. The number of hydrogen-bond acceptors (Lipinski definition) is 3. The number of likely N-dealkylation sites (tertiary alicyclic amines) is 1. The largest absolute Gasteiger partial charge is 0.368 e. The summed E-state index contributed by atoms with van der Waals surface area (Å²) in [5.74, 6) is -0.257. The van der Waals surface area contributed by atoms with Gasteiger partial charge < -0.3 is 16.0 Å². The van der Waals surface area contributed by atoms with Crippen LogP contribution in [0.5, 0.6) is 0 Å². The Morgan fingerprint density at radius 3 is 2.56 bits per heavy atom. The summed E-state index contributed by atoms with van der Waals surface area (Å²) in [6, 6.07) is 0. The number of hydrogen-bond donors (Lipinski definition) is 2. The second kappa shape index (κ2) is 6.02. The molecule has 0 radical (unpaired) electrons. The van der Waals surface area contributed by atoms with Crippen molar-refractivity contribution in [2.45, 2.75) is 52.0 Å². The zero-order chi connectivity index (χ0) is 13.8. The van der Waals surface area contributed by atoms with Gasteiger partial charge in [-0.3, -0.25) is 4.79 Å². The van der Waals surface area contributed by atoms with Crippen molar-refractivity contribution in [3.05, 3.63) is 0 Å². The number of unbranched alkanes of at least 4 members (excludes halogenated alkanes) is 1. The first-order valence-electron chi connectivity index (χ1n) is 7.00. The first-order chi connectivity index (χ1) is 8.29. The van der Waals surface area contributed by atoms with Gasteiger partial charge in [0.05, 0.1) is 5.54 Å². The topological polar surface area (TPSA) is 58.4 Å². The molecule has 1 unspecified atom stereocenters. The van der Waals surface area contributed by atoms with Gasteiger partial charge >= 0.3 is 0 Å². The Kier molecular flexibility index (Phi) is 5.17. The van der Waals surface area contributed by atoms with Crippen molar-refractivity contribution in [1.82, 2.24) is 10.2 Å². The minimum absolute atomic E-state index is 0.257. The van der Waals surface area contributed by atoms with E-state index in [1.165, 1.54) is 19.5 Å². The van der Waals surface area contributed by atoms with Crippen LogP contribution in [0, 0.1) is 5.41 Å². The van der Waals surface area contributed by atoms with Crippen molar-refractivity contribution in [3.63, 3.8) is 0 Å². The molecule has 0 saturated carbocycles. The van der Waals surface area contributed by atoms with Crippen LogP contribution in [-0.2, 0) is 4.79 Å². The highest BCUT2D eigenvalue weighted by molar-refractivity contribution is 5.84. The van der Waals surface area contributed by atoms with Gasteiger partial charge in [-0.2, -0.15) is 0 Å². The van der Waals surface area contributed by atoms with E-state index in [9.17, 15) is 4.79 Å². The van der Waals surface area contributed by atoms with Gasteiger partial charge in [-0.1, -0.05) is 13.8 Å². The Morgan fingerprint density at radius 1 is 1.44 bits per heavy atom. The maximum absolute atomic E-state index is 11.3. The zero-order valence-corrected chi connectivity index (χ0v) is 12.4. The number of primary amides is 1. The summed E-state index contributed by atoms with van der Waals surface area (Å²) >= 11 is 0. The fraction of sp³-hybridized carbons (Fsp3) is 0.929. The Labute approximate surface area is 111 Å². The second-order valence-electron chi connectivity index (χ2n) is 6.59. The first kappa shape index (κ1) is 15.4. The molecule has 106 valence electrons. The normalized spacial score (nSPS) is 22.9.